The number of pyridine rings is 1. The number of furan rings is 1. The number of fused-ring (bicyclic) bond motifs is 1. The van der Waals surface area contributed by atoms with Gasteiger partial charge in [0.25, 0.3) is 0 Å². The Labute approximate surface area is 96.7 Å². The molecule has 84 valence electrons. The summed E-state index contributed by atoms with van der Waals surface area (Å²) < 4.78 is 4.33. The van der Waals surface area contributed by atoms with Gasteiger partial charge in [0.1, 0.15) is 15.4 Å². The van der Waals surface area contributed by atoms with Crippen LogP contribution in [0.4, 0.5) is 0 Å². The van der Waals surface area contributed by atoms with Gasteiger partial charge in [-0.25, -0.2) is 4.98 Å². The summed E-state index contributed by atoms with van der Waals surface area (Å²) in [7, 11) is 0. The van der Waals surface area contributed by atoms with E-state index in [1.165, 1.54) is 11.8 Å². The maximum Gasteiger partial charge on any atom is 0.319 e. The quantitative estimate of drug-likeness (QED) is 0.831. The van der Waals surface area contributed by atoms with E-state index in [1.54, 1.807) is 38.4 Å². The highest BCUT2D eigenvalue weighted by atomic mass is 32.2. The molecule has 0 spiro atoms. The third kappa shape index (κ3) is 1.90. The van der Waals surface area contributed by atoms with E-state index in [0.29, 0.717) is 5.03 Å². The van der Waals surface area contributed by atoms with Crippen LogP contribution >= 0.6 is 11.8 Å². The van der Waals surface area contributed by atoms with Crippen molar-refractivity contribution in [2.75, 3.05) is 0 Å². The Morgan fingerprint density at radius 2 is 2.25 bits per heavy atom. The smallest absolute Gasteiger partial charge is 0.319 e. The molecule has 0 radical (unpaired) electrons. The van der Waals surface area contributed by atoms with Gasteiger partial charge < -0.3 is 9.52 Å². The van der Waals surface area contributed by atoms with Crippen molar-refractivity contribution < 1.29 is 14.3 Å². The van der Waals surface area contributed by atoms with Crippen molar-refractivity contribution in [2.45, 2.75) is 23.6 Å². The van der Waals surface area contributed by atoms with Crippen LogP contribution in [0.25, 0.3) is 11.0 Å². The topological polar surface area (TPSA) is 63.3 Å². The van der Waals surface area contributed by atoms with Gasteiger partial charge in [0.15, 0.2) is 0 Å². The molecule has 0 atom stereocenters. The zero-order valence-electron chi connectivity index (χ0n) is 8.93. The molecule has 0 aliphatic rings. The highest BCUT2D eigenvalue weighted by Crippen LogP contribution is 2.35. The first-order valence-corrected chi connectivity index (χ1v) is 5.57. The minimum atomic E-state index is -0.904. The standard InChI is InChI=1S/C11H11NO3S/c1-11(2,10(13)14)16-9-7-4-6-15-8(7)3-5-12-9/h3-6H,1-2H3,(H,13,14). The van der Waals surface area contributed by atoms with Gasteiger partial charge in [-0.3, -0.25) is 4.79 Å². The molecular formula is C11H11NO3S. The normalized spacial score (nSPS) is 11.9. The Hall–Kier alpha value is -1.49. The molecule has 0 saturated carbocycles. The molecule has 0 aliphatic heterocycles. The predicted octanol–water partition coefficient (Wildman–Crippen LogP) is 2.78. The first-order valence-electron chi connectivity index (χ1n) is 4.75. The molecule has 2 rings (SSSR count). The zero-order chi connectivity index (χ0) is 11.8. The number of hydrogen-bond acceptors (Lipinski definition) is 4. The molecule has 0 saturated heterocycles. The Kier molecular flexibility index (Phi) is 2.63. The number of carbonyl (C=O) groups is 1. The van der Waals surface area contributed by atoms with Gasteiger partial charge in [0.2, 0.25) is 0 Å². The lowest BCUT2D eigenvalue weighted by molar-refractivity contribution is -0.138. The number of carboxylic acid groups (broad SMARTS) is 1. The van der Waals surface area contributed by atoms with Crippen molar-refractivity contribution in [2.24, 2.45) is 0 Å². The van der Waals surface area contributed by atoms with E-state index in [1.807, 2.05) is 0 Å². The predicted molar refractivity (Wildman–Crippen MR) is 61.6 cm³/mol. The zero-order valence-corrected chi connectivity index (χ0v) is 9.75. The molecule has 4 nitrogen and oxygen atoms in total. The van der Waals surface area contributed by atoms with Gasteiger partial charge in [-0.05, 0) is 26.0 Å². The Bertz CT molecular complexity index is 533. The van der Waals surface area contributed by atoms with Gasteiger partial charge in [-0.2, -0.15) is 0 Å². The average molecular weight is 237 g/mol. The Morgan fingerprint density at radius 3 is 2.94 bits per heavy atom. The summed E-state index contributed by atoms with van der Waals surface area (Å²) in [6.45, 7) is 3.31. The first-order chi connectivity index (χ1) is 7.50. The highest BCUT2D eigenvalue weighted by Gasteiger charge is 2.29. The molecule has 0 bridgehead atoms. The fourth-order valence-corrected chi connectivity index (χ4v) is 2.20. The molecule has 0 unspecified atom stereocenters. The van der Waals surface area contributed by atoms with Gasteiger partial charge in [0, 0.05) is 6.20 Å². The van der Waals surface area contributed by atoms with E-state index in [4.69, 9.17) is 9.52 Å². The number of aromatic nitrogens is 1. The van der Waals surface area contributed by atoms with Crippen LogP contribution in [0, 0.1) is 0 Å². The third-order valence-corrected chi connectivity index (χ3v) is 3.41. The van der Waals surface area contributed by atoms with Crippen LogP contribution < -0.4 is 0 Å². The third-order valence-electron chi connectivity index (χ3n) is 2.21. The number of carboxylic acids is 1. The molecule has 0 amide bonds. The number of aliphatic carboxylic acids is 1. The van der Waals surface area contributed by atoms with Gasteiger partial charge in [-0.15, -0.1) is 0 Å². The Balaban J connectivity index is 2.41. The maximum atomic E-state index is 11.0. The van der Waals surface area contributed by atoms with Crippen molar-refractivity contribution in [3.63, 3.8) is 0 Å². The average Bonchev–Trinajstić information content (AvgIpc) is 2.65. The number of thioether (sulfide) groups is 1. The van der Waals surface area contributed by atoms with Crippen molar-refractivity contribution in [1.82, 2.24) is 4.98 Å². The number of nitrogens with zero attached hydrogens (tertiary/aromatic N) is 1. The molecular weight excluding hydrogens is 226 g/mol. The van der Waals surface area contributed by atoms with Crippen LogP contribution in [0.1, 0.15) is 13.8 Å². The van der Waals surface area contributed by atoms with E-state index < -0.39 is 10.7 Å². The van der Waals surface area contributed by atoms with Crippen molar-refractivity contribution >= 4 is 28.7 Å². The lowest BCUT2D eigenvalue weighted by atomic mass is 10.2. The Morgan fingerprint density at radius 1 is 1.50 bits per heavy atom. The van der Waals surface area contributed by atoms with E-state index in [9.17, 15) is 4.79 Å². The number of hydrogen-bond donors (Lipinski definition) is 1. The first kappa shape index (κ1) is 11.0. The molecule has 0 aromatic carbocycles. The van der Waals surface area contributed by atoms with Crippen LogP contribution in [-0.2, 0) is 4.79 Å². The van der Waals surface area contributed by atoms with Gasteiger partial charge >= 0.3 is 5.97 Å². The highest BCUT2D eigenvalue weighted by molar-refractivity contribution is 8.01. The fraction of sp³-hybridized carbons (Fsp3) is 0.273. The minimum absolute atomic E-state index is 0.679. The van der Waals surface area contributed by atoms with E-state index >= 15 is 0 Å². The summed E-state index contributed by atoms with van der Waals surface area (Å²) in [5.74, 6) is -0.861. The lowest BCUT2D eigenvalue weighted by Gasteiger charge is -2.17. The number of rotatable bonds is 3. The monoisotopic (exact) mass is 237 g/mol. The lowest BCUT2D eigenvalue weighted by Crippen LogP contribution is -2.27. The van der Waals surface area contributed by atoms with Crippen molar-refractivity contribution in [1.29, 1.82) is 0 Å². The minimum Gasteiger partial charge on any atom is -0.480 e. The van der Waals surface area contributed by atoms with Crippen LogP contribution in [0.15, 0.2) is 34.0 Å². The van der Waals surface area contributed by atoms with Gasteiger partial charge in [0.05, 0.1) is 11.6 Å². The van der Waals surface area contributed by atoms with Crippen LogP contribution in [-0.4, -0.2) is 20.8 Å². The summed E-state index contributed by atoms with van der Waals surface area (Å²) in [5.41, 5.74) is 0.721. The summed E-state index contributed by atoms with van der Waals surface area (Å²) >= 11 is 1.22. The second-order valence-electron chi connectivity index (χ2n) is 3.87. The second-order valence-corrected chi connectivity index (χ2v) is 5.48. The molecule has 5 heteroatoms. The van der Waals surface area contributed by atoms with E-state index in [-0.39, 0.29) is 0 Å². The van der Waals surface area contributed by atoms with Crippen LogP contribution in [0.3, 0.4) is 0 Å². The molecule has 2 aromatic heterocycles. The molecule has 0 aliphatic carbocycles. The summed E-state index contributed by atoms with van der Waals surface area (Å²) in [4.78, 5) is 15.2. The maximum absolute atomic E-state index is 11.0. The van der Waals surface area contributed by atoms with Crippen LogP contribution in [0.5, 0.6) is 0 Å². The van der Waals surface area contributed by atoms with E-state index in [2.05, 4.69) is 4.98 Å². The summed E-state index contributed by atoms with van der Waals surface area (Å²) in [6, 6.07) is 3.55. The van der Waals surface area contributed by atoms with Crippen molar-refractivity contribution in [3.8, 4) is 0 Å². The van der Waals surface area contributed by atoms with Crippen LogP contribution in [0.2, 0.25) is 0 Å². The second kappa shape index (κ2) is 3.83. The largest absolute Gasteiger partial charge is 0.480 e. The summed E-state index contributed by atoms with van der Waals surface area (Å²) in [5, 5.41) is 10.6. The fourth-order valence-electron chi connectivity index (χ4n) is 1.24. The SMILES string of the molecule is CC(C)(Sc1nccc2occc12)C(=O)O. The molecule has 2 heterocycles. The molecule has 1 N–H and O–H groups in total. The van der Waals surface area contributed by atoms with Crippen molar-refractivity contribution in [3.05, 3.63) is 24.6 Å². The molecule has 2 aromatic rings. The van der Waals surface area contributed by atoms with Gasteiger partial charge in [-0.1, -0.05) is 11.8 Å². The summed E-state index contributed by atoms with van der Waals surface area (Å²) in [6.07, 6.45) is 3.19. The molecule has 16 heavy (non-hydrogen) atoms. The molecule has 0 fully saturated rings. The van der Waals surface area contributed by atoms with E-state index in [0.717, 1.165) is 11.0 Å².